The summed E-state index contributed by atoms with van der Waals surface area (Å²) in [6.45, 7) is 2.42. The molecule has 1 amide bonds. The fourth-order valence-electron chi connectivity index (χ4n) is 3.07. The van der Waals surface area contributed by atoms with Crippen LogP contribution in [-0.4, -0.2) is 19.6 Å². The van der Waals surface area contributed by atoms with Crippen LogP contribution < -0.4 is 15.4 Å². The summed E-state index contributed by atoms with van der Waals surface area (Å²) in [6.07, 6.45) is 3.39. The number of aryl methyl sites for hydroxylation is 1. The third kappa shape index (κ3) is 4.83. The van der Waals surface area contributed by atoms with Crippen LogP contribution in [0.25, 0.3) is 0 Å². The van der Waals surface area contributed by atoms with Crippen LogP contribution in [0.2, 0.25) is 0 Å². The predicted octanol–water partition coefficient (Wildman–Crippen LogP) is 3.94. The van der Waals surface area contributed by atoms with Crippen LogP contribution in [0.1, 0.15) is 36.9 Å². The van der Waals surface area contributed by atoms with Crippen molar-refractivity contribution in [3.8, 4) is 5.75 Å². The minimum atomic E-state index is -0.00702. The number of rotatable bonds is 8. The highest BCUT2D eigenvalue weighted by atomic mass is 16.5. The van der Waals surface area contributed by atoms with E-state index >= 15 is 0 Å². The molecular formula is C21H26N2O2. The van der Waals surface area contributed by atoms with Crippen LogP contribution >= 0.6 is 0 Å². The minimum absolute atomic E-state index is 0.00702. The van der Waals surface area contributed by atoms with Gasteiger partial charge in [0.25, 0.3) is 0 Å². The Morgan fingerprint density at radius 2 is 1.96 bits per heavy atom. The second-order valence-corrected chi connectivity index (χ2v) is 6.57. The highest BCUT2D eigenvalue weighted by molar-refractivity contribution is 5.92. The average Bonchev–Trinajstić information content (AvgIpc) is 3.47. The summed E-state index contributed by atoms with van der Waals surface area (Å²) in [7, 11) is 1.67. The van der Waals surface area contributed by atoms with Gasteiger partial charge in [0.2, 0.25) is 5.91 Å². The molecule has 4 heteroatoms. The molecule has 1 unspecified atom stereocenters. The second kappa shape index (κ2) is 8.17. The molecule has 1 fully saturated rings. The summed E-state index contributed by atoms with van der Waals surface area (Å²) < 4.78 is 5.22. The van der Waals surface area contributed by atoms with Crippen LogP contribution in [0.5, 0.6) is 5.75 Å². The van der Waals surface area contributed by atoms with Crippen LogP contribution in [0.15, 0.2) is 48.5 Å². The highest BCUT2D eigenvalue weighted by Gasteiger charge is 2.32. The van der Waals surface area contributed by atoms with Gasteiger partial charge < -0.3 is 15.4 Å². The summed E-state index contributed by atoms with van der Waals surface area (Å²) in [5.74, 6) is 1.46. The number of benzene rings is 2. The van der Waals surface area contributed by atoms with Crippen molar-refractivity contribution in [3.63, 3.8) is 0 Å². The summed E-state index contributed by atoms with van der Waals surface area (Å²) in [4.78, 5) is 12.3. The highest BCUT2D eigenvalue weighted by Crippen LogP contribution is 2.41. The summed E-state index contributed by atoms with van der Waals surface area (Å²) >= 11 is 0. The zero-order chi connectivity index (χ0) is 17.6. The van der Waals surface area contributed by atoms with Gasteiger partial charge in [0.1, 0.15) is 5.75 Å². The lowest BCUT2D eigenvalue weighted by molar-refractivity contribution is -0.115. The molecule has 1 atom stereocenters. The first-order valence-electron chi connectivity index (χ1n) is 8.95. The van der Waals surface area contributed by atoms with Crippen LogP contribution in [0.3, 0.4) is 0 Å². The first-order valence-corrected chi connectivity index (χ1v) is 8.95. The van der Waals surface area contributed by atoms with Gasteiger partial charge in [-0.05, 0) is 60.6 Å². The first kappa shape index (κ1) is 17.5. The Morgan fingerprint density at radius 3 is 2.60 bits per heavy atom. The normalized spacial score (nSPS) is 14.8. The fraction of sp³-hybridized carbons (Fsp3) is 0.381. The largest absolute Gasteiger partial charge is 0.497 e. The Bertz CT molecular complexity index is 708. The van der Waals surface area contributed by atoms with E-state index in [1.165, 1.54) is 24.0 Å². The molecule has 25 heavy (non-hydrogen) atoms. The van der Waals surface area contributed by atoms with Crippen LogP contribution in [-0.2, 0) is 11.2 Å². The standard InChI is InChI=1S/C21H26N2O2/c1-3-15-5-4-6-18(13-15)23-20(24)14-22-21(16-7-8-16)17-9-11-19(25-2)12-10-17/h4-6,9-13,16,21-22H,3,7-8,14H2,1-2H3,(H,23,24). The van der Waals surface area contributed by atoms with Gasteiger partial charge in [0.05, 0.1) is 13.7 Å². The van der Waals surface area contributed by atoms with E-state index in [0.29, 0.717) is 12.5 Å². The van der Waals surface area contributed by atoms with Crippen molar-refractivity contribution in [1.29, 1.82) is 0 Å². The van der Waals surface area contributed by atoms with E-state index in [-0.39, 0.29) is 11.9 Å². The van der Waals surface area contributed by atoms with Crippen molar-refractivity contribution >= 4 is 11.6 Å². The molecule has 3 rings (SSSR count). The Labute approximate surface area is 149 Å². The number of carbonyl (C=O) groups is 1. The fourth-order valence-corrected chi connectivity index (χ4v) is 3.07. The minimum Gasteiger partial charge on any atom is -0.497 e. The number of hydrogen-bond acceptors (Lipinski definition) is 3. The number of anilines is 1. The van der Waals surface area contributed by atoms with E-state index in [0.717, 1.165) is 17.9 Å². The Hall–Kier alpha value is -2.33. The number of hydrogen-bond donors (Lipinski definition) is 2. The summed E-state index contributed by atoms with van der Waals surface area (Å²) in [5, 5.41) is 6.41. The third-order valence-electron chi connectivity index (χ3n) is 4.67. The Morgan fingerprint density at radius 1 is 1.20 bits per heavy atom. The van der Waals surface area contributed by atoms with Gasteiger partial charge in [-0.1, -0.05) is 31.2 Å². The number of methoxy groups -OCH3 is 1. The van der Waals surface area contributed by atoms with E-state index in [2.05, 4.69) is 35.8 Å². The van der Waals surface area contributed by atoms with Gasteiger partial charge in [0.15, 0.2) is 0 Å². The molecule has 2 aromatic carbocycles. The van der Waals surface area contributed by atoms with E-state index in [1.807, 2.05) is 30.3 Å². The molecule has 1 aliphatic carbocycles. The van der Waals surface area contributed by atoms with Gasteiger partial charge in [-0.3, -0.25) is 4.79 Å². The van der Waals surface area contributed by atoms with Crippen molar-refractivity contribution < 1.29 is 9.53 Å². The molecule has 2 N–H and O–H groups in total. The first-order chi connectivity index (χ1) is 12.2. The number of carbonyl (C=O) groups excluding carboxylic acids is 1. The second-order valence-electron chi connectivity index (χ2n) is 6.57. The lowest BCUT2D eigenvalue weighted by atomic mass is 10.0. The SMILES string of the molecule is CCc1cccc(NC(=O)CNC(c2ccc(OC)cc2)C2CC2)c1. The molecule has 0 radical (unpaired) electrons. The quantitative estimate of drug-likeness (QED) is 0.766. The van der Waals surface area contributed by atoms with Crippen molar-refractivity contribution in [2.75, 3.05) is 19.0 Å². The Kier molecular flexibility index (Phi) is 5.71. The molecule has 0 saturated heterocycles. The molecule has 1 saturated carbocycles. The molecule has 0 bridgehead atoms. The van der Waals surface area contributed by atoms with Gasteiger partial charge in [0, 0.05) is 11.7 Å². The third-order valence-corrected chi connectivity index (χ3v) is 4.67. The molecule has 0 aliphatic heterocycles. The maximum Gasteiger partial charge on any atom is 0.238 e. The lowest BCUT2D eigenvalue weighted by Crippen LogP contribution is -2.32. The Balaban J connectivity index is 1.58. The van der Waals surface area contributed by atoms with E-state index in [9.17, 15) is 4.79 Å². The summed E-state index contributed by atoms with van der Waals surface area (Å²) in [5.41, 5.74) is 3.29. The molecule has 0 spiro atoms. The number of amides is 1. The molecule has 0 aromatic heterocycles. The van der Waals surface area contributed by atoms with Crippen molar-refractivity contribution in [2.24, 2.45) is 5.92 Å². The van der Waals surface area contributed by atoms with Crippen molar-refractivity contribution in [3.05, 3.63) is 59.7 Å². The molecule has 1 aliphatic rings. The molecule has 132 valence electrons. The monoisotopic (exact) mass is 338 g/mol. The topological polar surface area (TPSA) is 50.4 Å². The van der Waals surface area contributed by atoms with Crippen molar-refractivity contribution in [1.82, 2.24) is 5.32 Å². The van der Waals surface area contributed by atoms with E-state index in [1.54, 1.807) is 7.11 Å². The molecule has 4 nitrogen and oxygen atoms in total. The van der Waals surface area contributed by atoms with E-state index in [4.69, 9.17) is 4.74 Å². The van der Waals surface area contributed by atoms with Gasteiger partial charge >= 0.3 is 0 Å². The zero-order valence-electron chi connectivity index (χ0n) is 14.9. The lowest BCUT2D eigenvalue weighted by Gasteiger charge is -2.19. The van der Waals surface area contributed by atoms with Crippen LogP contribution in [0.4, 0.5) is 5.69 Å². The maximum absolute atomic E-state index is 12.3. The molecule has 2 aromatic rings. The average molecular weight is 338 g/mol. The van der Waals surface area contributed by atoms with Gasteiger partial charge in [-0.2, -0.15) is 0 Å². The zero-order valence-corrected chi connectivity index (χ0v) is 14.9. The smallest absolute Gasteiger partial charge is 0.238 e. The van der Waals surface area contributed by atoms with Gasteiger partial charge in [-0.25, -0.2) is 0 Å². The predicted molar refractivity (Wildman–Crippen MR) is 101 cm³/mol. The van der Waals surface area contributed by atoms with Gasteiger partial charge in [-0.15, -0.1) is 0 Å². The summed E-state index contributed by atoms with van der Waals surface area (Å²) in [6, 6.07) is 16.3. The van der Waals surface area contributed by atoms with Crippen molar-refractivity contribution in [2.45, 2.75) is 32.2 Å². The number of ether oxygens (including phenoxy) is 1. The van der Waals surface area contributed by atoms with Crippen LogP contribution in [0, 0.1) is 5.92 Å². The maximum atomic E-state index is 12.3. The number of nitrogens with one attached hydrogen (secondary N) is 2. The molecular weight excluding hydrogens is 312 g/mol. The molecule has 0 heterocycles. The van der Waals surface area contributed by atoms with E-state index < -0.39 is 0 Å².